The number of benzene rings is 3. The normalized spacial score (nSPS) is 10.7. The van der Waals surface area contributed by atoms with Gasteiger partial charge in [-0.15, -0.1) is 0 Å². The first-order valence-corrected chi connectivity index (χ1v) is 11.3. The van der Waals surface area contributed by atoms with Gasteiger partial charge in [-0.05, 0) is 57.9 Å². The molecule has 8 heteroatoms. The van der Waals surface area contributed by atoms with Crippen LogP contribution in [0.1, 0.15) is 21.5 Å². The minimum Gasteiger partial charge on any atom is -0.489 e. The number of amides is 1. The standard InChI is InChI=1S/C24H18Br2FN3O2/c25-19-8-4-9-20(12-19)32-15-16-5-3-7-17(11-16)24(31)28-23-21(26)14-30(29-23)13-18-6-1-2-10-22(18)27/h1-12,14H,13,15H2,(H,28,29,31). The van der Waals surface area contributed by atoms with E-state index in [-0.39, 0.29) is 18.3 Å². The Morgan fingerprint density at radius 3 is 2.66 bits per heavy atom. The highest BCUT2D eigenvalue weighted by Gasteiger charge is 2.13. The fourth-order valence-corrected chi connectivity index (χ4v) is 3.86. The maximum absolute atomic E-state index is 13.9. The number of aromatic nitrogens is 2. The zero-order valence-electron chi connectivity index (χ0n) is 16.8. The SMILES string of the molecule is O=C(Nc1nn(Cc2ccccc2F)cc1Br)c1cccc(COc2cccc(Br)c2)c1. The molecule has 4 rings (SSSR count). The van der Waals surface area contributed by atoms with Crippen LogP contribution in [0.5, 0.6) is 5.75 Å². The Labute approximate surface area is 201 Å². The van der Waals surface area contributed by atoms with Crippen molar-refractivity contribution in [3.63, 3.8) is 0 Å². The van der Waals surface area contributed by atoms with Gasteiger partial charge >= 0.3 is 0 Å². The molecule has 5 nitrogen and oxygen atoms in total. The Bertz CT molecular complexity index is 1260. The van der Waals surface area contributed by atoms with Gasteiger partial charge in [0, 0.05) is 21.8 Å². The molecule has 0 aliphatic carbocycles. The fraction of sp³-hybridized carbons (Fsp3) is 0.0833. The van der Waals surface area contributed by atoms with E-state index in [1.54, 1.807) is 47.3 Å². The summed E-state index contributed by atoms with van der Waals surface area (Å²) in [6, 6.07) is 21.3. The van der Waals surface area contributed by atoms with Crippen molar-refractivity contribution in [1.82, 2.24) is 9.78 Å². The lowest BCUT2D eigenvalue weighted by Crippen LogP contribution is -2.13. The second-order valence-corrected chi connectivity index (χ2v) is 8.79. The monoisotopic (exact) mass is 557 g/mol. The van der Waals surface area contributed by atoms with Gasteiger partial charge in [0.05, 0.1) is 11.0 Å². The van der Waals surface area contributed by atoms with Crippen LogP contribution in [0.3, 0.4) is 0 Å². The minimum atomic E-state index is -0.300. The Morgan fingerprint density at radius 2 is 1.84 bits per heavy atom. The van der Waals surface area contributed by atoms with Gasteiger partial charge in [0.2, 0.25) is 0 Å². The van der Waals surface area contributed by atoms with Crippen molar-refractivity contribution >= 4 is 43.6 Å². The molecular weight excluding hydrogens is 541 g/mol. The highest BCUT2D eigenvalue weighted by molar-refractivity contribution is 9.10. The molecule has 1 amide bonds. The van der Waals surface area contributed by atoms with E-state index in [1.165, 1.54) is 6.07 Å². The van der Waals surface area contributed by atoms with Crippen LogP contribution in [0, 0.1) is 5.82 Å². The van der Waals surface area contributed by atoms with E-state index >= 15 is 0 Å². The molecule has 32 heavy (non-hydrogen) atoms. The number of nitrogens with zero attached hydrogens (tertiary/aromatic N) is 2. The second-order valence-electron chi connectivity index (χ2n) is 7.02. The summed E-state index contributed by atoms with van der Waals surface area (Å²) < 4.78 is 22.8. The Kier molecular flexibility index (Phi) is 7.02. The highest BCUT2D eigenvalue weighted by Crippen LogP contribution is 2.23. The van der Waals surface area contributed by atoms with E-state index in [1.807, 2.05) is 30.3 Å². The summed E-state index contributed by atoms with van der Waals surface area (Å²) in [7, 11) is 0. The van der Waals surface area contributed by atoms with Gasteiger partial charge in [-0.2, -0.15) is 5.10 Å². The lowest BCUT2D eigenvalue weighted by molar-refractivity contribution is 0.102. The third-order valence-electron chi connectivity index (χ3n) is 4.63. The summed E-state index contributed by atoms with van der Waals surface area (Å²) in [5.41, 5.74) is 1.86. The van der Waals surface area contributed by atoms with Crippen molar-refractivity contribution in [1.29, 1.82) is 0 Å². The number of hydrogen-bond donors (Lipinski definition) is 1. The molecular formula is C24H18Br2FN3O2. The van der Waals surface area contributed by atoms with Gasteiger partial charge in [0.25, 0.3) is 5.91 Å². The third-order valence-corrected chi connectivity index (χ3v) is 5.70. The van der Waals surface area contributed by atoms with Crippen LogP contribution in [0.2, 0.25) is 0 Å². The molecule has 3 aromatic carbocycles. The van der Waals surface area contributed by atoms with E-state index in [0.29, 0.717) is 28.0 Å². The zero-order chi connectivity index (χ0) is 22.5. The first-order chi connectivity index (χ1) is 15.5. The summed E-state index contributed by atoms with van der Waals surface area (Å²) >= 11 is 6.82. The van der Waals surface area contributed by atoms with E-state index in [0.717, 1.165) is 15.8 Å². The molecule has 0 unspecified atom stereocenters. The molecule has 0 atom stereocenters. The van der Waals surface area contributed by atoms with Crippen molar-refractivity contribution in [2.24, 2.45) is 0 Å². The van der Waals surface area contributed by atoms with Crippen molar-refractivity contribution < 1.29 is 13.9 Å². The van der Waals surface area contributed by atoms with Gasteiger partial charge in [0.1, 0.15) is 18.2 Å². The maximum atomic E-state index is 13.9. The van der Waals surface area contributed by atoms with E-state index in [4.69, 9.17) is 4.74 Å². The molecule has 0 aliphatic heterocycles. The minimum absolute atomic E-state index is 0.254. The van der Waals surface area contributed by atoms with Gasteiger partial charge < -0.3 is 10.1 Å². The predicted octanol–water partition coefficient (Wildman–Crippen LogP) is 6.43. The number of carbonyl (C=O) groups is 1. The molecule has 0 spiro atoms. The number of ether oxygens (including phenoxy) is 1. The third kappa shape index (κ3) is 5.63. The van der Waals surface area contributed by atoms with Crippen molar-refractivity contribution in [2.45, 2.75) is 13.2 Å². The number of anilines is 1. The highest BCUT2D eigenvalue weighted by atomic mass is 79.9. The summed E-state index contributed by atoms with van der Waals surface area (Å²) in [6.07, 6.45) is 1.70. The predicted molar refractivity (Wildman–Crippen MR) is 128 cm³/mol. The van der Waals surface area contributed by atoms with Gasteiger partial charge in [-0.3, -0.25) is 9.48 Å². The first-order valence-electron chi connectivity index (χ1n) is 9.73. The summed E-state index contributed by atoms with van der Waals surface area (Å²) in [6.45, 7) is 0.585. The number of rotatable bonds is 7. The van der Waals surface area contributed by atoms with Gasteiger partial charge in [0.15, 0.2) is 5.82 Å². The fourth-order valence-electron chi connectivity index (χ4n) is 3.07. The summed E-state index contributed by atoms with van der Waals surface area (Å²) in [5, 5.41) is 7.16. The number of hydrogen-bond acceptors (Lipinski definition) is 3. The molecule has 162 valence electrons. The van der Waals surface area contributed by atoms with Gasteiger partial charge in [-0.25, -0.2) is 4.39 Å². The first kappa shape index (κ1) is 22.2. The molecule has 0 bridgehead atoms. The van der Waals surface area contributed by atoms with Crippen molar-refractivity contribution in [3.05, 3.63) is 110 Å². The van der Waals surface area contributed by atoms with Crippen LogP contribution in [-0.4, -0.2) is 15.7 Å². The largest absolute Gasteiger partial charge is 0.489 e. The van der Waals surface area contributed by atoms with Crippen LogP contribution in [0.25, 0.3) is 0 Å². The molecule has 1 heterocycles. The molecule has 1 aromatic heterocycles. The smallest absolute Gasteiger partial charge is 0.256 e. The molecule has 0 radical (unpaired) electrons. The Morgan fingerprint density at radius 1 is 1.03 bits per heavy atom. The number of nitrogens with one attached hydrogen (secondary N) is 1. The number of carbonyl (C=O) groups excluding carboxylic acids is 1. The van der Waals surface area contributed by atoms with E-state index in [9.17, 15) is 9.18 Å². The lowest BCUT2D eigenvalue weighted by Gasteiger charge is -2.08. The van der Waals surface area contributed by atoms with Crippen LogP contribution < -0.4 is 10.1 Å². The molecule has 1 N–H and O–H groups in total. The van der Waals surface area contributed by atoms with E-state index in [2.05, 4.69) is 42.3 Å². The summed E-state index contributed by atoms with van der Waals surface area (Å²) in [4.78, 5) is 12.8. The van der Waals surface area contributed by atoms with Gasteiger partial charge in [-0.1, -0.05) is 52.3 Å². The molecule has 0 saturated heterocycles. The Hall–Kier alpha value is -2.97. The average molecular weight is 559 g/mol. The van der Waals surface area contributed by atoms with Crippen molar-refractivity contribution in [2.75, 3.05) is 5.32 Å². The average Bonchev–Trinajstić information content (AvgIpc) is 3.12. The van der Waals surface area contributed by atoms with Crippen molar-refractivity contribution in [3.8, 4) is 5.75 Å². The molecule has 0 saturated carbocycles. The maximum Gasteiger partial charge on any atom is 0.256 e. The quantitative estimate of drug-likeness (QED) is 0.284. The summed E-state index contributed by atoms with van der Waals surface area (Å²) in [5.74, 6) is 0.499. The number of halogens is 3. The lowest BCUT2D eigenvalue weighted by atomic mass is 10.1. The molecule has 4 aromatic rings. The van der Waals surface area contributed by atoms with Crippen LogP contribution >= 0.6 is 31.9 Å². The molecule has 0 fully saturated rings. The van der Waals surface area contributed by atoms with Crippen LogP contribution in [0.4, 0.5) is 10.2 Å². The Balaban J connectivity index is 1.42. The van der Waals surface area contributed by atoms with Crippen LogP contribution in [-0.2, 0) is 13.2 Å². The second kappa shape index (κ2) is 10.1. The topological polar surface area (TPSA) is 56.2 Å². The molecule has 0 aliphatic rings. The zero-order valence-corrected chi connectivity index (χ0v) is 19.9. The van der Waals surface area contributed by atoms with Crippen LogP contribution in [0.15, 0.2) is 87.9 Å². The van der Waals surface area contributed by atoms with E-state index < -0.39 is 0 Å².